The smallest absolute Gasteiger partial charge is 0.251 e. The summed E-state index contributed by atoms with van der Waals surface area (Å²) in [6.07, 6.45) is 0. The Morgan fingerprint density at radius 3 is 2.76 bits per heavy atom. The Bertz CT molecular complexity index is 937. The lowest BCUT2D eigenvalue weighted by Crippen LogP contribution is -2.23. The van der Waals surface area contributed by atoms with Crippen molar-refractivity contribution in [1.82, 2.24) is 15.0 Å². The lowest BCUT2D eigenvalue weighted by Gasteiger charge is -2.09. The van der Waals surface area contributed by atoms with Crippen LogP contribution in [0.2, 0.25) is 0 Å². The highest BCUT2D eigenvalue weighted by molar-refractivity contribution is 8.00. The number of H-pyrrole nitrogens is 1. The van der Waals surface area contributed by atoms with Gasteiger partial charge in [0.05, 0.1) is 10.9 Å². The van der Waals surface area contributed by atoms with Gasteiger partial charge >= 0.3 is 0 Å². The van der Waals surface area contributed by atoms with Crippen molar-refractivity contribution in [1.29, 1.82) is 0 Å². The molecule has 3 rings (SSSR count). The van der Waals surface area contributed by atoms with Crippen LogP contribution in [0, 0.1) is 6.92 Å². The van der Waals surface area contributed by atoms with Gasteiger partial charge in [0, 0.05) is 22.7 Å². The Morgan fingerprint density at radius 2 is 2.04 bits per heavy atom. The standard InChI is InChI=1S/C17H16N4O2S2/c1-10-8-14(22)20-17(18-10)25-11(2)15(23)21-16-19-13(9-24-16)12-6-4-3-5-7-12/h3-9,11H,1-2H3,(H,18,20,22)(H,19,21,23). The number of rotatable bonds is 5. The average molecular weight is 372 g/mol. The molecule has 0 radical (unpaired) electrons. The molecule has 6 nitrogen and oxygen atoms in total. The summed E-state index contributed by atoms with van der Waals surface area (Å²) in [7, 11) is 0. The van der Waals surface area contributed by atoms with Crippen LogP contribution in [0.3, 0.4) is 0 Å². The fourth-order valence-corrected chi connectivity index (χ4v) is 3.69. The average Bonchev–Trinajstić information content (AvgIpc) is 3.03. The Labute approximate surface area is 152 Å². The monoisotopic (exact) mass is 372 g/mol. The number of thiazole rings is 1. The summed E-state index contributed by atoms with van der Waals surface area (Å²) < 4.78 is 0. The number of carbonyl (C=O) groups is 1. The molecule has 0 bridgehead atoms. The molecular formula is C17H16N4O2S2. The van der Waals surface area contributed by atoms with E-state index in [0.29, 0.717) is 16.0 Å². The number of thioether (sulfide) groups is 1. The fourth-order valence-electron chi connectivity index (χ4n) is 2.11. The van der Waals surface area contributed by atoms with Gasteiger partial charge in [-0.3, -0.25) is 9.59 Å². The third kappa shape index (κ3) is 4.55. The molecule has 0 aliphatic heterocycles. The SMILES string of the molecule is Cc1cc(=O)[nH]c(SC(C)C(=O)Nc2nc(-c3ccccc3)cs2)n1. The first kappa shape index (κ1) is 17.4. The zero-order chi connectivity index (χ0) is 17.8. The molecule has 1 atom stereocenters. The molecule has 1 aromatic carbocycles. The van der Waals surface area contributed by atoms with E-state index in [2.05, 4.69) is 20.3 Å². The molecule has 0 spiro atoms. The highest BCUT2D eigenvalue weighted by Crippen LogP contribution is 2.26. The third-order valence-electron chi connectivity index (χ3n) is 3.31. The molecule has 1 amide bonds. The van der Waals surface area contributed by atoms with Crippen molar-refractivity contribution in [2.75, 3.05) is 5.32 Å². The Morgan fingerprint density at radius 1 is 1.28 bits per heavy atom. The zero-order valence-electron chi connectivity index (χ0n) is 13.6. The predicted octanol–water partition coefficient (Wildman–Crippen LogP) is 3.32. The van der Waals surface area contributed by atoms with Crippen LogP contribution in [0.25, 0.3) is 11.3 Å². The molecule has 2 aromatic heterocycles. The van der Waals surface area contributed by atoms with Crippen LogP contribution in [-0.2, 0) is 4.79 Å². The lowest BCUT2D eigenvalue weighted by atomic mass is 10.2. The number of carbonyl (C=O) groups excluding carboxylic acids is 1. The van der Waals surface area contributed by atoms with Crippen molar-refractivity contribution in [3.63, 3.8) is 0 Å². The Balaban J connectivity index is 1.65. The quantitative estimate of drug-likeness (QED) is 0.530. The minimum Gasteiger partial charge on any atom is -0.301 e. The lowest BCUT2D eigenvalue weighted by molar-refractivity contribution is -0.115. The van der Waals surface area contributed by atoms with Gasteiger partial charge < -0.3 is 10.3 Å². The first-order valence-corrected chi connectivity index (χ1v) is 9.33. The number of aromatic amines is 1. The van der Waals surface area contributed by atoms with Gasteiger partial charge in [-0.15, -0.1) is 11.3 Å². The molecule has 0 aliphatic carbocycles. The molecule has 0 saturated carbocycles. The third-order valence-corrected chi connectivity index (χ3v) is 5.05. The summed E-state index contributed by atoms with van der Waals surface area (Å²) in [6, 6.07) is 11.2. The Hall–Kier alpha value is -2.45. The van der Waals surface area contributed by atoms with Gasteiger partial charge in [-0.1, -0.05) is 42.1 Å². The molecule has 0 aliphatic rings. The number of amides is 1. The van der Waals surface area contributed by atoms with E-state index in [0.717, 1.165) is 11.3 Å². The minimum atomic E-state index is -0.422. The van der Waals surface area contributed by atoms with Crippen LogP contribution in [0.5, 0.6) is 0 Å². The van der Waals surface area contributed by atoms with Gasteiger partial charge in [0.25, 0.3) is 5.56 Å². The number of aryl methyl sites for hydroxylation is 1. The molecule has 25 heavy (non-hydrogen) atoms. The maximum Gasteiger partial charge on any atom is 0.251 e. The maximum absolute atomic E-state index is 12.3. The summed E-state index contributed by atoms with van der Waals surface area (Å²) in [5.74, 6) is -0.192. The normalized spacial score (nSPS) is 11.9. The number of aromatic nitrogens is 3. The zero-order valence-corrected chi connectivity index (χ0v) is 15.3. The molecule has 2 N–H and O–H groups in total. The van der Waals surface area contributed by atoms with E-state index < -0.39 is 5.25 Å². The summed E-state index contributed by atoms with van der Waals surface area (Å²) >= 11 is 2.58. The second-order valence-corrected chi connectivity index (χ2v) is 7.53. The number of nitrogens with one attached hydrogen (secondary N) is 2. The van der Waals surface area contributed by atoms with Crippen LogP contribution in [0.15, 0.2) is 51.7 Å². The van der Waals surface area contributed by atoms with Gasteiger partial charge in [0.2, 0.25) is 5.91 Å². The Kier molecular flexibility index (Phi) is 5.30. The van der Waals surface area contributed by atoms with Gasteiger partial charge in [0.1, 0.15) is 0 Å². The molecule has 8 heteroatoms. The van der Waals surface area contributed by atoms with E-state index in [4.69, 9.17) is 0 Å². The van der Waals surface area contributed by atoms with Crippen molar-refractivity contribution in [2.24, 2.45) is 0 Å². The molecule has 0 fully saturated rings. The van der Waals surface area contributed by atoms with Crippen LogP contribution in [0.1, 0.15) is 12.6 Å². The first-order chi connectivity index (χ1) is 12.0. The largest absolute Gasteiger partial charge is 0.301 e. The first-order valence-electron chi connectivity index (χ1n) is 7.58. The fraction of sp³-hybridized carbons (Fsp3) is 0.176. The summed E-state index contributed by atoms with van der Waals surface area (Å²) in [5.41, 5.74) is 2.22. The van der Waals surface area contributed by atoms with Crippen molar-refractivity contribution in [3.05, 3.63) is 57.8 Å². The number of nitrogens with zero attached hydrogens (tertiary/aromatic N) is 2. The summed E-state index contributed by atoms with van der Waals surface area (Å²) in [5, 5.41) is 5.26. The van der Waals surface area contributed by atoms with Crippen molar-refractivity contribution < 1.29 is 4.79 Å². The minimum absolute atomic E-state index is 0.192. The predicted molar refractivity (Wildman–Crippen MR) is 101 cm³/mol. The van der Waals surface area contributed by atoms with Crippen molar-refractivity contribution >= 4 is 34.1 Å². The summed E-state index contributed by atoms with van der Waals surface area (Å²) in [4.78, 5) is 35.1. The van der Waals surface area contributed by atoms with Crippen LogP contribution in [0.4, 0.5) is 5.13 Å². The molecule has 128 valence electrons. The number of anilines is 1. The van der Waals surface area contributed by atoms with Crippen molar-refractivity contribution in [2.45, 2.75) is 24.3 Å². The van der Waals surface area contributed by atoms with E-state index >= 15 is 0 Å². The molecule has 1 unspecified atom stereocenters. The molecular weight excluding hydrogens is 356 g/mol. The number of benzene rings is 1. The topological polar surface area (TPSA) is 87.7 Å². The van der Waals surface area contributed by atoms with E-state index in [-0.39, 0.29) is 11.5 Å². The molecule has 2 heterocycles. The second-order valence-electron chi connectivity index (χ2n) is 5.35. The highest BCUT2D eigenvalue weighted by atomic mass is 32.2. The summed E-state index contributed by atoms with van der Waals surface area (Å²) in [6.45, 7) is 3.50. The number of hydrogen-bond acceptors (Lipinski definition) is 6. The molecule has 3 aromatic rings. The van der Waals surface area contributed by atoms with E-state index in [1.807, 2.05) is 35.7 Å². The van der Waals surface area contributed by atoms with Crippen LogP contribution in [-0.4, -0.2) is 26.1 Å². The van der Waals surface area contributed by atoms with E-state index in [9.17, 15) is 9.59 Å². The highest BCUT2D eigenvalue weighted by Gasteiger charge is 2.17. The van der Waals surface area contributed by atoms with Crippen molar-refractivity contribution in [3.8, 4) is 11.3 Å². The van der Waals surface area contributed by atoms with Crippen LogP contribution >= 0.6 is 23.1 Å². The molecule has 0 saturated heterocycles. The van der Waals surface area contributed by atoms with E-state index in [1.54, 1.807) is 13.8 Å². The van der Waals surface area contributed by atoms with Gasteiger partial charge in [-0.2, -0.15) is 0 Å². The van der Waals surface area contributed by atoms with Crippen LogP contribution < -0.4 is 10.9 Å². The van der Waals surface area contributed by atoms with Gasteiger partial charge in [0.15, 0.2) is 10.3 Å². The number of hydrogen-bond donors (Lipinski definition) is 2. The van der Waals surface area contributed by atoms with E-state index in [1.165, 1.54) is 29.2 Å². The van der Waals surface area contributed by atoms with Gasteiger partial charge in [-0.05, 0) is 13.8 Å². The van der Waals surface area contributed by atoms with Gasteiger partial charge in [-0.25, -0.2) is 9.97 Å². The second kappa shape index (κ2) is 7.62. The maximum atomic E-state index is 12.3.